The number of amides is 2. The number of aryl methyl sites for hydroxylation is 1. The summed E-state index contributed by atoms with van der Waals surface area (Å²) in [6.45, 7) is 7.09. The minimum absolute atomic E-state index is 0.00835. The molecule has 4 saturated carbocycles. The fourth-order valence-electron chi connectivity index (χ4n) is 7.07. The van der Waals surface area contributed by atoms with Crippen LogP contribution in [0, 0.1) is 30.1 Å². The van der Waals surface area contributed by atoms with Crippen molar-refractivity contribution in [3.05, 3.63) is 29.8 Å². The quantitative estimate of drug-likeness (QED) is 0.634. The number of rotatable bonds is 7. The fourth-order valence-corrected chi connectivity index (χ4v) is 9.06. The minimum atomic E-state index is -3.85. The van der Waals surface area contributed by atoms with Crippen LogP contribution in [0.3, 0.4) is 0 Å². The van der Waals surface area contributed by atoms with Gasteiger partial charge in [0, 0.05) is 19.6 Å². The van der Waals surface area contributed by atoms with Gasteiger partial charge < -0.3 is 10.6 Å². The van der Waals surface area contributed by atoms with Crippen LogP contribution in [-0.2, 0) is 19.6 Å². The predicted octanol–water partition coefficient (Wildman–Crippen LogP) is 2.84. The topological polar surface area (TPSA) is 95.6 Å². The summed E-state index contributed by atoms with van der Waals surface area (Å²) in [5.41, 5.74) is -0.887. The van der Waals surface area contributed by atoms with Crippen molar-refractivity contribution in [2.45, 2.75) is 76.3 Å². The number of nitrogens with zero attached hydrogens (tertiary/aromatic N) is 1. The molecule has 2 N–H and O–H groups in total. The van der Waals surface area contributed by atoms with E-state index in [1.807, 2.05) is 0 Å². The molecular formula is C25H37N3O4S. The van der Waals surface area contributed by atoms with E-state index in [2.05, 4.69) is 10.6 Å². The highest BCUT2D eigenvalue weighted by molar-refractivity contribution is 7.89. The van der Waals surface area contributed by atoms with Gasteiger partial charge in [-0.1, -0.05) is 25.1 Å². The lowest BCUT2D eigenvalue weighted by Crippen LogP contribution is -2.65. The third-order valence-electron chi connectivity index (χ3n) is 8.41. The van der Waals surface area contributed by atoms with E-state index < -0.39 is 15.6 Å². The summed E-state index contributed by atoms with van der Waals surface area (Å²) in [5.74, 6) is 0.920. The van der Waals surface area contributed by atoms with Crippen LogP contribution >= 0.6 is 0 Å². The molecule has 1 aromatic carbocycles. The van der Waals surface area contributed by atoms with Gasteiger partial charge in [-0.15, -0.1) is 0 Å². The first kappa shape index (κ1) is 24.2. The van der Waals surface area contributed by atoms with Crippen molar-refractivity contribution < 1.29 is 18.0 Å². The third kappa shape index (κ3) is 3.89. The molecular weight excluding hydrogens is 438 g/mol. The summed E-state index contributed by atoms with van der Waals surface area (Å²) in [7, 11) is -2.15. The van der Waals surface area contributed by atoms with Crippen molar-refractivity contribution in [2.75, 3.05) is 13.6 Å². The Morgan fingerprint density at radius 1 is 1.12 bits per heavy atom. The van der Waals surface area contributed by atoms with Gasteiger partial charge in [0.25, 0.3) is 0 Å². The third-order valence-corrected chi connectivity index (χ3v) is 10.7. The van der Waals surface area contributed by atoms with Crippen molar-refractivity contribution in [1.82, 2.24) is 14.9 Å². The van der Waals surface area contributed by atoms with Crippen molar-refractivity contribution in [2.24, 2.45) is 23.2 Å². The van der Waals surface area contributed by atoms with E-state index in [-0.39, 0.29) is 46.5 Å². The predicted molar refractivity (Wildman–Crippen MR) is 127 cm³/mol. The van der Waals surface area contributed by atoms with Crippen molar-refractivity contribution in [1.29, 1.82) is 0 Å². The van der Waals surface area contributed by atoms with Crippen LogP contribution in [0.25, 0.3) is 0 Å². The minimum Gasteiger partial charge on any atom is -0.359 e. The van der Waals surface area contributed by atoms with E-state index in [4.69, 9.17) is 0 Å². The Bertz CT molecular complexity index is 1040. The van der Waals surface area contributed by atoms with E-state index in [1.54, 1.807) is 59.0 Å². The lowest BCUT2D eigenvalue weighted by atomic mass is 9.47. The normalized spacial score (nSPS) is 31.0. The van der Waals surface area contributed by atoms with Gasteiger partial charge >= 0.3 is 0 Å². The van der Waals surface area contributed by atoms with Crippen LogP contribution in [0.1, 0.15) is 58.4 Å². The van der Waals surface area contributed by atoms with Gasteiger partial charge in [-0.05, 0) is 82.3 Å². The van der Waals surface area contributed by atoms with Crippen LogP contribution < -0.4 is 10.6 Å². The van der Waals surface area contributed by atoms with Crippen molar-refractivity contribution >= 4 is 21.8 Å². The Morgan fingerprint density at radius 2 is 1.73 bits per heavy atom. The maximum Gasteiger partial charge on any atom is 0.244 e. The molecule has 5 rings (SSSR count). The molecule has 7 nitrogen and oxygen atoms in total. The largest absolute Gasteiger partial charge is 0.359 e. The standard InChI is InChI=1S/C25H37N3O4S/c1-6-28(33(31,32)20-10-8-7-9-16(20)2)24(3,4)22(29)27-21-18-11-17-12-19(21)15-25(13-17,14-18)23(30)26-5/h7-10,17-19,21H,6,11-15H2,1-5H3,(H,26,30)(H,27,29). The number of nitrogens with one attached hydrogen (secondary N) is 2. The van der Waals surface area contributed by atoms with Gasteiger partial charge in [0.05, 0.1) is 10.3 Å². The summed E-state index contributed by atoms with van der Waals surface area (Å²) in [4.78, 5) is 26.5. The number of sulfonamides is 1. The van der Waals surface area contributed by atoms with Crippen molar-refractivity contribution in [3.63, 3.8) is 0 Å². The second-order valence-electron chi connectivity index (χ2n) is 10.8. The number of hydrogen-bond acceptors (Lipinski definition) is 4. The molecule has 0 radical (unpaired) electrons. The number of hydrogen-bond donors (Lipinski definition) is 2. The molecule has 2 atom stereocenters. The maximum atomic E-state index is 13.6. The Morgan fingerprint density at radius 3 is 2.27 bits per heavy atom. The summed E-state index contributed by atoms with van der Waals surface area (Å²) >= 11 is 0. The lowest BCUT2D eigenvalue weighted by Gasteiger charge is -2.59. The lowest BCUT2D eigenvalue weighted by molar-refractivity contribution is -0.151. The number of likely N-dealkylation sites (N-methyl/N-ethyl adjacent to an activating group) is 1. The van der Waals surface area contributed by atoms with Gasteiger partial charge in [-0.3, -0.25) is 9.59 Å². The van der Waals surface area contributed by atoms with E-state index in [0.717, 1.165) is 32.1 Å². The highest BCUT2D eigenvalue weighted by Gasteiger charge is 2.59. The molecule has 0 heterocycles. The first-order valence-electron chi connectivity index (χ1n) is 12.1. The first-order chi connectivity index (χ1) is 15.5. The van der Waals surface area contributed by atoms with E-state index in [1.165, 1.54) is 4.31 Å². The molecule has 4 fully saturated rings. The van der Waals surface area contributed by atoms with Gasteiger partial charge in [-0.25, -0.2) is 8.42 Å². The van der Waals surface area contributed by atoms with Crippen LogP contribution in [0.15, 0.2) is 29.2 Å². The van der Waals surface area contributed by atoms with Crippen LogP contribution in [0.5, 0.6) is 0 Å². The number of benzene rings is 1. The second-order valence-corrected chi connectivity index (χ2v) is 12.7. The summed E-state index contributed by atoms with van der Waals surface area (Å²) in [5, 5.41) is 6.11. The average molecular weight is 476 g/mol. The molecule has 0 aromatic heterocycles. The van der Waals surface area contributed by atoms with Crippen LogP contribution in [0.4, 0.5) is 0 Å². The van der Waals surface area contributed by atoms with Crippen molar-refractivity contribution in [3.8, 4) is 0 Å². The molecule has 4 bridgehead atoms. The maximum absolute atomic E-state index is 13.6. The Labute approximate surface area is 197 Å². The molecule has 0 aliphatic heterocycles. The highest BCUT2D eigenvalue weighted by Crippen LogP contribution is 2.60. The van der Waals surface area contributed by atoms with Gasteiger partial charge in [-0.2, -0.15) is 4.31 Å². The van der Waals surface area contributed by atoms with Gasteiger partial charge in [0.1, 0.15) is 5.54 Å². The van der Waals surface area contributed by atoms with E-state index in [0.29, 0.717) is 11.5 Å². The Hall–Kier alpha value is -1.93. The fraction of sp³-hybridized carbons (Fsp3) is 0.680. The van der Waals surface area contributed by atoms with Gasteiger partial charge in [0.2, 0.25) is 21.8 Å². The zero-order valence-corrected chi connectivity index (χ0v) is 21.2. The summed E-state index contributed by atoms with van der Waals surface area (Å²) in [6, 6.07) is 6.87. The molecule has 4 aliphatic carbocycles. The summed E-state index contributed by atoms with van der Waals surface area (Å²) in [6.07, 6.45) is 4.59. The first-order valence-corrected chi connectivity index (χ1v) is 13.5. The summed E-state index contributed by atoms with van der Waals surface area (Å²) < 4.78 is 28.4. The molecule has 1 aromatic rings. The SMILES string of the molecule is CCN(C(C)(C)C(=O)NC1C2CC3CC1CC(C(=O)NC)(C3)C2)S(=O)(=O)c1ccccc1C. The molecule has 8 heteroatoms. The highest BCUT2D eigenvalue weighted by atomic mass is 32.2. The zero-order chi connectivity index (χ0) is 24.2. The van der Waals surface area contributed by atoms with Crippen LogP contribution in [-0.4, -0.2) is 49.7 Å². The van der Waals surface area contributed by atoms with Crippen LogP contribution in [0.2, 0.25) is 0 Å². The number of carbonyl (C=O) groups is 2. The number of carbonyl (C=O) groups excluding carboxylic acids is 2. The Balaban J connectivity index is 1.56. The molecule has 0 spiro atoms. The molecule has 0 saturated heterocycles. The second kappa shape index (κ2) is 8.38. The molecule has 2 amide bonds. The zero-order valence-electron chi connectivity index (χ0n) is 20.3. The van der Waals surface area contributed by atoms with E-state index >= 15 is 0 Å². The molecule has 4 aliphatic rings. The molecule has 2 unspecified atom stereocenters. The Kier molecular flexibility index (Phi) is 6.15. The molecule has 33 heavy (non-hydrogen) atoms. The monoisotopic (exact) mass is 475 g/mol. The smallest absolute Gasteiger partial charge is 0.244 e. The molecule has 182 valence electrons. The average Bonchev–Trinajstić information content (AvgIpc) is 2.75. The van der Waals surface area contributed by atoms with Gasteiger partial charge in [0.15, 0.2) is 0 Å². The van der Waals surface area contributed by atoms with E-state index in [9.17, 15) is 18.0 Å².